The second-order valence-electron chi connectivity index (χ2n) is 13.7. The van der Waals surface area contributed by atoms with Crippen LogP contribution in [0.1, 0.15) is 74.6 Å². The van der Waals surface area contributed by atoms with Crippen LogP contribution >= 0.6 is 11.6 Å². The van der Waals surface area contributed by atoms with Crippen LogP contribution in [0.2, 0.25) is 5.02 Å². The van der Waals surface area contributed by atoms with Gasteiger partial charge >= 0.3 is 12.1 Å². The largest absolute Gasteiger partial charge is 0.495 e. The zero-order valence-corrected chi connectivity index (χ0v) is 32.0. The average molecular weight is 737 g/mol. The number of alkyl carbamates (subject to hydrolysis) is 1. The maximum atomic E-state index is 14.0. The molecule has 0 spiro atoms. The average Bonchev–Trinajstić information content (AvgIpc) is 3.81. The molecule has 284 valence electrons. The maximum absolute atomic E-state index is 14.0. The molecule has 13 nitrogen and oxygen atoms in total. The van der Waals surface area contributed by atoms with Crippen LogP contribution in [0.5, 0.6) is 5.75 Å². The number of halogens is 1. The quantitative estimate of drug-likeness (QED) is 0.290. The molecule has 14 heteroatoms. The van der Waals surface area contributed by atoms with Gasteiger partial charge in [0.25, 0.3) is 0 Å². The number of carbonyl (C=O) groups is 4. The Bertz CT molecular complexity index is 1540. The molecule has 3 heterocycles. The number of likely N-dealkylation sites (N-methyl/N-ethyl adjacent to an activating group) is 1. The van der Waals surface area contributed by atoms with Crippen molar-refractivity contribution in [3.8, 4) is 5.75 Å². The summed E-state index contributed by atoms with van der Waals surface area (Å²) in [6.45, 7) is 8.88. The number of benzene rings is 1. The Morgan fingerprint density at radius 2 is 1.98 bits per heavy atom. The Hall–Kier alpha value is -3.65. The Balaban J connectivity index is 0.00000358. The number of nitrogens with zero attached hydrogens (tertiary/aromatic N) is 2. The number of fused-ring (bicyclic) bond motifs is 5. The summed E-state index contributed by atoms with van der Waals surface area (Å²) in [5.74, 6) is -1.49. The summed E-state index contributed by atoms with van der Waals surface area (Å²) in [5, 5.41) is 14.4. The Kier molecular flexibility index (Phi) is 13.2. The van der Waals surface area contributed by atoms with Crippen LogP contribution < -0.4 is 15.0 Å². The Morgan fingerprint density at radius 3 is 2.61 bits per heavy atom. The van der Waals surface area contributed by atoms with E-state index in [0.29, 0.717) is 24.3 Å². The van der Waals surface area contributed by atoms with Gasteiger partial charge in [-0.1, -0.05) is 56.7 Å². The van der Waals surface area contributed by atoms with E-state index in [0.717, 1.165) is 11.1 Å². The number of aliphatic hydroxyl groups is 1. The number of nitrogens with one attached hydrogen (secondary N) is 1. The van der Waals surface area contributed by atoms with Crippen molar-refractivity contribution in [3.05, 3.63) is 46.5 Å². The first kappa shape index (κ1) is 40.1. The van der Waals surface area contributed by atoms with Crippen molar-refractivity contribution in [2.75, 3.05) is 33.2 Å². The molecule has 4 bridgehead atoms. The lowest BCUT2D eigenvalue weighted by atomic mass is 9.83. The molecule has 2 fully saturated rings. The van der Waals surface area contributed by atoms with Gasteiger partial charge in [-0.05, 0) is 51.3 Å². The van der Waals surface area contributed by atoms with Crippen LogP contribution in [0.4, 0.5) is 10.5 Å². The highest BCUT2D eigenvalue weighted by molar-refractivity contribution is 6.35. The first-order chi connectivity index (χ1) is 24.5. The number of esters is 1. The molecule has 51 heavy (non-hydrogen) atoms. The maximum Gasteiger partial charge on any atom is 0.409 e. The molecule has 0 aromatic heterocycles. The summed E-state index contributed by atoms with van der Waals surface area (Å²) in [6, 6.07) is 2.65. The molecular formula is C37H54ClN3O10. The number of ether oxygens (including phenoxy) is 5. The molecule has 3 aliphatic heterocycles. The second kappa shape index (κ2) is 16.8. The van der Waals surface area contributed by atoms with Crippen LogP contribution in [0.15, 0.2) is 35.9 Å². The molecule has 4 rings (SSSR count). The molecule has 2 N–H and O–H groups in total. The van der Waals surface area contributed by atoms with E-state index in [-0.39, 0.29) is 30.2 Å². The van der Waals surface area contributed by atoms with E-state index < -0.39 is 65.7 Å². The molecule has 0 radical (unpaired) electrons. The van der Waals surface area contributed by atoms with Crippen molar-refractivity contribution in [1.29, 1.82) is 0 Å². The molecule has 1 aromatic rings. The smallest absolute Gasteiger partial charge is 0.409 e. The van der Waals surface area contributed by atoms with Gasteiger partial charge < -0.3 is 38.6 Å². The summed E-state index contributed by atoms with van der Waals surface area (Å²) in [6.07, 6.45) is 1.91. The normalized spacial score (nSPS) is 31.8. The first-order valence-electron chi connectivity index (χ1n) is 17.8. The summed E-state index contributed by atoms with van der Waals surface area (Å²) in [4.78, 5) is 55.7. The summed E-state index contributed by atoms with van der Waals surface area (Å²) in [5.41, 5.74) is -0.868. The Labute approximate surface area is 307 Å². The summed E-state index contributed by atoms with van der Waals surface area (Å²) < 4.78 is 34.8. The standard InChI is InChI=1S/C36H50ClN3O10.CH4/c1-10-12-29(41)39(6)22(4)33(43)49-28-18-30(42)40(7)24-16-23(17-25(46-8)31(24)37)15-20(2)13-11-14-27(47-9)36(45)19-26(48-34(44)38-36)21(3)32-35(28,5)50-32;/h11,13-14,16-17,21-22,26-28,32,45H,10,12,15,18-19H2,1-9H3,(H,38,44);1H4/b14-11+,20-13+;/t21-,22+,26+,27-,28+,32+,35+,36+;/m1./s1/i;1D. The number of hydrogen-bond donors (Lipinski definition) is 2. The van der Waals surface area contributed by atoms with Gasteiger partial charge in [-0.2, -0.15) is 0 Å². The molecule has 0 aliphatic carbocycles. The van der Waals surface area contributed by atoms with E-state index in [9.17, 15) is 24.3 Å². The highest BCUT2D eigenvalue weighted by Crippen LogP contribution is 2.49. The zero-order valence-electron chi connectivity index (χ0n) is 32.3. The fraction of sp³-hybridized carbons (Fsp3) is 0.622. The van der Waals surface area contributed by atoms with Gasteiger partial charge in [-0.25, -0.2) is 9.59 Å². The van der Waals surface area contributed by atoms with Gasteiger partial charge in [0.1, 0.15) is 40.7 Å². The van der Waals surface area contributed by atoms with Crippen molar-refractivity contribution in [3.63, 3.8) is 0 Å². The summed E-state index contributed by atoms with van der Waals surface area (Å²) >= 11 is 6.74. The molecule has 1 aromatic carbocycles. The van der Waals surface area contributed by atoms with E-state index >= 15 is 0 Å². The van der Waals surface area contributed by atoms with Crippen LogP contribution in [0.3, 0.4) is 0 Å². The van der Waals surface area contributed by atoms with Crippen LogP contribution in [-0.2, 0) is 39.8 Å². The summed E-state index contributed by atoms with van der Waals surface area (Å²) in [7, 11) is 7.28. The predicted octanol–water partition coefficient (Wildman–Crippen LogP) is 4.95. The second-order valence-corrected chi connectivity index (χ2v) is 14.0. The molecule has 2 saturated heterocycles. The van der Waals surface area contributed by atoms with Gasteiger partial charge in [0.2, 0.25) is 11.8 Å². The molecule has 0 saturated carbocycles. The van der Waals surface area contributed by atoms with Crippen molar-refractivity contribution in [1.82, 2.24) is 10.2 Å². The van der Waals surface area contributed by atoms with Gasteiger partial charge in [-0.15, -0.1) is 0 Å². The number of carbonyl (C=O) groups excluding carboxylic acids is 4. The third-order valence-electron chi connectivity index (χ3n) is 9.99. The lowest BCUT2D eigenvalue weighted by Gasteiger charge is -2.42. The minimum Gasteiger partial charge on any atom is -0.495 e. The Morgan fingerprint density at radius 1 is 1.29 bits per heavy atom. The fourth-order valence-electron chi connectivity index (χ4n) is 6.61. The molecule has 3 amide bonds. The van der Waals surface area contributed by atoms with Gasteiger partial charge in [0.15, 0.2) is 5.72 Å². The van der Waals surface area contributed by atoms with E-state index in [1.807, 2.05) is 19.9 Å². The highest BCUT2D eigenvalue weighted by Gasteiger charge is 2.64. The first-order valence-corrected chi connectivity index (χ1v) is 17.2. The lowest BCUT2D eigenvalue weighted by Crippen LogP contribution is -2.63. The number of hydrogen-bond acceptors (Lipinski definition) is 10. The van der Waals surface area contributed by atoms with Crippen molar-refractivity contribution >= 4 is 41.2 Å². The van der Waals surface area contributed by atoms with Gasteiger partial charge in [0.05, 0.1) is 25.3 Å². The lowest BCUT2D eigenvalue weighted by molar-refractivity contribution is -0.162. The van der Waals surface area contributed by atoms with Gasteiger partial charge in [-0.3, -0.25) is 14.9 Å². The number of anilines is 1. The van der Waals surface area contributed by atoms with Gasteiger partial charge in [0, 0.05) is 41.3 Å². The number of methoxy groups -OCH3 is 2. The highest BCUT2D eigenvalue weighted by atomic mass is 35.5. The van der Waals surface area contributed by atoms with Crippen LogP contribution in [0, 0.1) is 5.92 Å². The number of epoxide rings is 1. The van der Waals surface area contributed by atoms with Crippen LogP contribution in [-0.4, -0.2) is 104 Å². The third-order valence-corrected chi connectivity index (χ3v) is 10.4. The fourth-order valence-corrected chi connectivity index (χ4v) is 6.92. The number of allylic oxidation sites excluding steroid dienone is 3. The van der Waals surface area contributed by atoms with E-state index in [1.165, 1.54) is 38.5 Å². The topological polar surface area (TPSA) is 156 Å². The van der Waals surface area contributed by atoms with Crippen molar-refractivity contribution in [2.24, 2.45) is 5.92 Å². The third kappa shape index (κ3) is 9.05. The minimum atomic E-state index is -1.82. The molecular weight excluding hydrogens is 682 g/mol. The van der Waals surface area contributed by atoms with Crippen LogP contribution in [0.25, 0.3) is 0 Å². The molecule has 8 atom stereocenters. The van der Waals surface area contributed by atoms with E-state index in [1.54, 1.807) is 52.1 Å². The number of amides is 3. The van der Waals surface area contributed by atoms with E-state index in [2.05, 4.69) is 5.32 Å². The molecule has 0 unspecified atom stereocenters. The zero-order chi connectivity index (χ0) is 39.1. The van der Waals surface area contributed by atoms with Crippen molar-refractivity contribution < 1.29 is 49.3 Å². The molecule has 3 aliphatic rings. The predicted molar refractivity (Wildman–Crippen MR) is 193 cm³/mol. The SMILES string of the molecule is CCCC(=O)N(C)[C@@H](C)C(=O)O[C@H]1CC(=O)N(C)c2cc(cc(OC)c2Cl)C/C(C)=C/C=C/[C@@H](OC)[C@@]2(O)C[C@H](OC(=O)N2)[C@@H](C)[C@@H]2O[C@@]12C.[2H]C. The minimum absolute atomic E-state index is 0.0426. The van der Waals surface area contributed by atoms with E-state index in [4.69, 9.17) is 36.7 Å². The monoisotopic (exact) mass is 736 g/mol. The van der Waals surface area contributed by atoms with Crippen molar-refractivity contribution in [2.45, 2.75) is 116 Å². The number of rotatable bonds is 7.